The molecule has 106 valence electrons. The summed E-state index contributed by atoms with van der Waals surface area (Å²) in [6, 6.07) is 5.19. The van der Waals surface area contributed by atoms with Crippen molar-refractivity contribution in [1.82, 2.24) is 0 Å². The zero-order valence-electron chi connectivity index (χ0n) is 11.6. The van der Waals surface area contributed by atoms with E-state index in [1.54, 1.807) is 23.1 Å². The molecule has 1 fully saturated rings. The summed E-state index contributed by atoms with van der Waals surface area (Å²) >= 11 is 6.20. The van der Waals surface area contributed by atoms with Crippen LogP contribution in [0.15, 0.2) is 29.8 Å². The smallest absolute Gasteiger partial charge is 0.248 e. The number of amides is 2. The summed E-state index contributed by atoms with van der Waals surface area (Å²) in [4.78, 5) is 25.0. The molecule has 1 heterocycles. The minimum Gasteiger partial charge on any atom is -0.322 e. The lowest BCUT2D eigenvalue weighted by Crippen LogP contribution is -2.24. The molecule has 0 aliphatic carbocycles. The summed E-state index contributed by atoms with van der Waals surface area (Å²) in [6.07, 6.45) is 2.94. The van der Waals surface area contributed by atoms with Gasteiger partial charge in [0, 0.05) is 24.7 Å². The number of allylic oxidation sites excluding steroid dienone is 1. The van der Waals surface area contributed by atoms with Crippen LogP contribution in [-0.4, -0.2) is 18.4 Å². The van der Waals surface area contributed by atoms with E-state index in [-0.39, 0.29) is 11.8 Å². The van der Waals surface area contributed by atoms with Crippen LogP contribution in [0.3, 0.4) is 0 Å². The molecule has 1 aromatic rings. The lowest BCUT2D eigenvalue weighted by molar-refractivity contribution is -0.117. The molecule has 1 aromatic carbocycles. The van der Waals surface area contributed by atoms with E-state index >= 15 is 0 Å². The van der Waals surface area contributed by atoms with Crippen molar-refractivity contribution in [3.05, 3.63) is 34.9 Å². The van der Waals surface area contributed by atoms with Gasteiger partial charge in [-0.2, -0.15) is 0 Å². The number of rotatable bonds is 3. The Morgan fingerprint density at radius 3 is 2.70 bits per heavy atom. The molecule has 0 radical (unpaired) electrons. The fourth-order valence-electron chi connectivity index (χ4n) is 2.15. The highest BCUT2D eigenvalue weighted by atomic mass is 35.5. The van der Waals surface area contributed by atoms with E-state index in [0.717, 1.165) is 12.0 Å². The first kappa shape index (κ1) is 14.6. The number of benzene rings is 1. The van der Waals surface area contributed by atoms with Crippen molar-refractivity contribution in [2.75, 3.05) is 16.8 Å². The van der Waals surface area contributed by atoms with E-state index in [4.69, 9.17) is 11.6 Å². The highest BCUT2D eigenvalue weighted by molar-refractivity contribution is 6.34. The van der Waals surface area contributed by atoms with E-state index in [9.17, 15) is 9.59 Å². The second-order valence-corrected chi connectivity index (χ2v) is 5.43. The molecule has 0 bridgehead atoms. The number of nitrogens with zero attached hydrogens (tertiary/aromatic N) is 1. The van der Waals surface area contributed by atoms with Crippen molar-refractivity contribution >= 4 is 34.8 Å². The third kappa shape index (κ3) is 3.39. The van der Waals surface area contributed by atoms with Crippen LogP contribution in [0.1, 0.15) is 26.7 Å². The maximum absolute atomic E-state index is 11.7. The minimum atomic E-state index is -0.189. The van der Waals surface area contributed by atoms with Crippen LogP contribution in [0.2, 0.25) is 5.02 Å². The first-order valence-electron chi connectivity index (χ1n) is 6.53. The van der Waals surface area contributed by atoms with Crippen LogP contribution in [-0.2, 0) is 9.59 Å². The SMILES string of the molecule is CC(C)=CC(=O)Nc1ccc(N2CCCC2=O)c(Cl)c1. The largest absolute Gasteiger partial charge is 0.322 e. The van der Waals surface area contributed by atoms with Gasteiger partial charge in [-0.1, -0.05) is 17.2 Å². The first-order valence-corrected chi connectivity index (χ1v) is 6.91. The van der Waals surface area contributed by atoms with Crippen LogP contribution >= 0.6 is 11.6 Å². The Hall–Kier alpha value is -1.81. The van der Waals surface area contributed by atoms with Gasteiger partial charge in [0.05, 0.1) is 10.7 Å². The van der Waals surface area contributed by atoms with Gasteiger partial charge in [0.1, 0.15) is 0 Å². The molecular formula is C15H17ClN2O2. The first-order chi connectivity index (χ1) is 9.47. The van der Waals surface area contributed by atoms with Crippen LogP contribution < -0.4 is 10.2 Å². The van der Waals surface area contributed by atoms with Gasteiger partial charge in [0.25, 0.3) is 0 Å². The molecule has 1 aliphatic rings. The van der Waals surface area contributed by atoms with Crippen molar-refractivity contribution in [2.45, 2.75) is 26.7 Å². The number of anilines is 2. The van der Waals surface area contributed by atoms with Gasteiger partial charge in [-0.25, -0.2) is 0 Å². The topological polar surface area (TPSA) is 49.4 Å². The van der Waals surface area contributed by atoms with Crippen molar-refractivity contribution in [2.24, 2.45) is 0 Å². The van der Waals surface area contributed by atoms with Gasteiger partial charge in [-0.15, -0.1) is 0 Å². The summed E-state index contributed by atoms with van der Waals surface area (Å²) in [5.74, 6) is -0.0979. The maximum atomic E-state index is 11.7. The summed E-state index contributed by atoms with van der Waals surface area (Å²) in [6.45, 7) is 4.41. The Morgan fingerprint density at radius 2 is 2.15 bits per heavy atom. The van der Waals surface area contributed by atoms with E-state index in [1.807, 2.05) is 13.8 Å². The monoisotopic (exact) mass is 292 g/mol. The summed E-state index contributed by atoms with van der Waals surface area (Å²) < 4.78 is 0. The predicted molar refractivity (Wildman–Crippen MR) is 81.1 cm³/mol. The highest BCUT2D eigenvalue weighted by Crippen LogP contribution is 2.31. The predicted octanol–water partition coefficient (Wildman–Crippen LogP) is 3.37. The molecule has 0 saturated carbocycles. The molecule has 0 aromatic heterocycles. The Balaban J connectivity index is 2.15. The standard InChI is InChI=1S/C15H17ClN2O2/c1-10(2)8-14(19)17-11-5-6-13(12(16)9-11)18-7-3-4-15(18)20/h5-6,8-9H,3-4,7H2,1-2H3,(H,17,19). The van der Waals surface area contributed by atoms with Crippen LogP contribution in [0.4, 0.5) is 11.4 Å². The van der Waals surface area contributed by atoms with Gasteiger partial charge in [0.15, 0.2) is 0 Å². The Labute approximate surface area is 123 Å². The van der Waals surface area contributed by atoms with Crippen LogP contribution in [0, 0.1) is 0 Å². The Morgan fingerprint density at radius 1 is 1.40 bits per heavy atom. The lowest BCUT2D eigenvalue weighted by Gasteiger charge is -2.17. The molecule has 20 heavy (non-hydrogen) atoms. The normalized spacial score (nSPS) is 14.3. The molecule has 5 heteroatoms. The summed E-state index contributed by atoms with van der Waals surface area (Å²) in [5, 5.41) is 3.21. The second-order valence-electron chi connectivity index (χ2n) is 5.03. The van der Waals surface area contributed by atoms with Crippen molar-refractivity contribution in [1.29, 1.82) is 0 Å². The maximum Gasteiger partial charge on any atom is 0.248 e. The number of hydrogen-bond acceptors (Lipinski definition) is 2. The molecule has 2 amide bonds. The zero-order chi connectivity index (χ0) is 14.7. The highest BCUT2D eigenvalue weighted by Gasteiger charge is 2.23. The van der Waals surface area contributed by atoms with Crippen LogP contribution in [0.25, 0.3) is 0 Å². The average Bonchev–Trinajstić information content (AvgIpc) is 2.74. The summed E-state index contributed by atoms with van der Waals surface area (Å²) in [7, 11) is 0. The van der Waals surface area contributed by atoms with E-state index in [0.29, 0.717) is 29.4 Å². The average molecular weight is 293 g/mol. The second kappa shape index (κ2) is 6.09. The Kier molecular flexibility index (Phi) is 4.45. The molecular weight excluding hydrogens is 276 g/mol. The van der Waals surface area contributed by atoms with Gasteiger partial charge in [0.2, 0.25) is 11.8 Å². The minimum absolute atomic E-state index is 0.0910. The van der Waals surface area contributed by atoms with Gasteiger partial charge in [-0.3, -0.25) is 9.59 Å². The summed E-state index contributed by atoms with van der Waals surface area (Å²) in [5.41, 5.74) is 2.25. The quantitative estimate of drug-likeness (QED) is 0.868. The molecule has 0 atom stereocenters. The molecule has 4 nitrogen and oxygen atoms in total. The number of nitrogens with one attached hydrogen (secondary N) is 1. The van der Waals surface area contributed by atoms with Gasteiger partial charge in [-0.05, 0) is 38.5 Å². The number of halogens is 1. The number of carbonyl (C=O) groups excluding carboxylic acids is 2. The molecule has 0 unspecified atom stereocenters. The van der Waals surface area contributed by atoms with Gasteiger partial charge < -0.3 is 10.2 Å². The lowest BCUT2D eigenvalue weighted by atomic mass is 10.2. The zero-order valence-corrected chi connectivity index (χ0v) is 12.3. The number of hydrogen-bond donors (Lipinski definition) is 1. The molecule has 1 aliphatic heterocycles. The molecule has 1 saturated heterocycles. The molecule has 2 rings (SSSR count). The van der Waals surface area contributed by atoms with E-state index in [2.05, 4.69) is 5.32 Å². The molecule has 0 spiro atoms. The van der Waals surface area contributed by atoms with Crippen molar-refractivity contribution in [3.63, 3.8) is 0 Å². The van der Waals surface area contributed by atoms with E-state index in [1.165, 1.54) is 6.08 Å². The fourth-order valence-corrected chi connectivity index (χ4v) is 2.43. The van der Waals surface area contributed by atoms with E-state index < -0.39 is 0 Å². The van der Waals surface area contributed by atoms with Gasteiger partial charge >= 0.3 is 0 Å². The third-order valence-electron chi connectivity index (χ3n) is 3.00. The Bertz CT molecular complexity index is 577. The van der Waals surface area contributed by atoms with Crippen molar-refractivity contribution in [3.8, 4) is 0 Å². The number of carbonyl (C=O) groups is 2. The van der Waals surface area contributed by atoms with Crippen LogP contribution in [0.5, 0.6) is 0 Å². The fraction of sp³-hybridized carbons (Fsp3) is 0.333. The van der Waals surface area contributed by atoms with Crippen molar-refractivity contribution < 1.29 is 9.59 Å². The third-order valence-corrected chi connectivity index (χ3v) is 3.30. The molecule has 1 N–H and O–H groups in total.